The van der Waals surface area contributed by atoms with Gasteiger partial charge in [0.1, 0.15) is 0 Å². The second-order valence-corrected chi connectivity index (χ2v) is 6.47. The van der Waals surface area contributed by atoms with Crippen LogP contribution in [0.2, 0.25) is 0 Å². The predicted molar refractivity (Wildman–Crippen MR) is 75.4 cm³/mol. The van der Waals surface area contributed by atoms with Crippen molar-refractivity contribution in [1.82, 2.24) is 15.4 Å². The first-order chi connectivity index (χ1) is 9.33. The highest BCUT2D eigenvalue weighted by molar-refractivity contribution is 7.99. The van der Waals surface area contributed by atoms with E-state index in [1.54, 1.807) is 18.6 Å². The zero-order valence-electron chi connectivity index (χ0n) is 10.9. The molecule has 104 valence electrons. The molecule has 1 spiro atoms. The zero-order chi connectivity index (χ0) is 13.1. The Morgan fingerprint density at radius 1 is 1.53 bits per heavy atom. The second-order valence-electron chi connectivity index (χ2n) is 5.36. The third kappa shape index (κ3) is 2.76. The molecule has 19 heavy (non-hydrogen) atoms. The van der Waals surface area contributed by atoms with Gasteiger partial charge in [-0.05, 0) is 30.9 Å². The van der Waals surface area contributed by atoms with E-state index in [1.165, 1.54) is 5.75 Å². The summed E-state index contributed by atoms with van der Waals surface area (Å²) in [5.41, 5.74) is 3.93. The molecule has 0 saturated carbocycles. The summed E-state index contributed by atoms with van der Waals surface area (Å²) in [6.45, 7) is 0.823. The SMILES string of the molecule is NNC(c1cnccn1)C1CCOC2(CCSC2)C1. The lowest BCUT2D eigenvalue weighted by molar-refractivity contribution is -0.0856. The third-order valence-electron chi connectivity index (χ3n) is 4.15. The summed E-state index contributed by atoms with van der Waals surface area (Å²) in [5.74, 6) is 8.55. The van der Waals surface area contributed by atoms with Crippen molar-refractivity contribution in [3.05, 3.63) is 24.3 Å². The molecule has 0 aromatic carbocycles. The van der Waals surface area contributed by atoms with Gasteiger partial charge in [0.25, 0.3) is 0 Å². The summed E-state index contributed by atoms with van der Waals surface area (Å²) in [6, 6.07) is 0.0695. The van der Waals surface area contributed by atoms with Gasteiger partial charge in [-0.15, -0.1) is 0 Å². The van der Waals surface area contributed by atoms with Crippen LogP contribution in [0.4, 0.5) is 0 Å². The fourth-order valence-corrected chi connectivity index (χ4v) is 4.53. The number of nitrogens with two attached hydrogens (primary N) is 1. The minimum Gasteiger partial charge on any atom is -0.374 e. The Labute approximate surface area is 117 Å². The van der Waals surface area contributed by atoms with Gasteiger partial charge >= 0.3 is 0 Å². The van der Waals surface area contributed by atoms with E-state index in [4.69, 9.17) is 10.6 Å². The standard InChI is InChI=1S/C13H20N4OS/c14-17-12(11-8-15-3-4-16-11)10-1-5-18-13(7-10)2-6-19-9-13/h3-4,8,10,12,17H,1-2,5-7,9,14H2. The summed E-state index contributed by atoms with van der Waals surface area (Å²) < 4.78 is 6.06. The number of ether oxygens (including phenoxy) is 1. The lowest BCUT2D eigenvalue weighted by Crippen LogP contribution is -2.45. The normalized spacial score (nSPS) is 32.6. The van der Waals surface area contributed by atoms with E-state index in [2.05, 4.69) is 15.4 Å². The first-order valence-corrected chi connectivity index (χ1v) is 7.92. The van der Waals surface area contributed by atoms with Gasteiger partial charge in [-0.25, -0.2) is 0 Å². The van der Waals surface area contributed by atoms with Gasteiger partial charge in [0.15, 0.2) is 0 Å². The lowest BCUT2D eigenvalue weighted by atomic mass is 9.80. The Morgan fingerprint density at radius 3 is 3.16 bits per heavy atom. The van der Waals surface area contributed by atoms with Gasteiger partial charge in [-0.3, -0.25) is 21.2 Å². The number of hydrogen-bond donors (Lipinski definition) is 2. The van der Waals surface area contributed by atoms with E-state index in [-0.39, 0.29) is 11.6 Å². The maximum Gasteiger partial charge on any atom is 0.0783 e. The Kier molecular flexibility index (Phi) is 4.02. The average Bonchev–Trinajstić information content (AvgIpc) is 2.89. The maximum atomic E-state index is 6.06. The van der Waals surface area contributed by atoms with Gasteiger partial charge in [0, 0.05) is 24.8 Å². The molecular formula is C13H20N4OS. The molecular weight excluding hydrogens is 260 g/mol. The summed E-state index contributed by atoms with van der Waals surface area (Å²) in [7, 11) is 0. The number of nitrogens with zero attached hydrogens (tertiary/aromatic N) is 2. The number of hydrogen-bond acceptors (Lipinski definition) is 6. The summed E-state index contributed by atoms with van der Waals surface area (Å²) in [5, 5.41) is 0. The van der Waals surface area contributed by atoms with Crippen LogP contribution in [0.15, 0.2) is 18.6 Å². The molecule has 0 radical (unpaired) electrons. The van der Waals surface area contributed by atoms with Crippen LogP contribution in [0.1, 0.15) is 31.0 Å². The van der Waals surface area contributed by atoms with Crippen LogP contribution < -0.4 is 11.3 Å². The van der Waals surface area contributed by atoms with Gasteiger partial charge in [-0.1, -0.05) is 0 Å². The summed E-state index contributed by atoms with van der Waals surface area (Å²) >= 11 is 1.99. The first-order valence-electron chi connectivity index (χ1n) is 6.77. The molecule has 3 heterocycles. The number of nitrogens with one attached hydrogen (secondary N) is 1. The van der Waals surface area contributed by atoms with E-state index < -0.39 is 0 Å². The molecule has 2 saturated heterocycles. The first kappa shape index (κ1) is 13.3. The Balaban J connectivity index is 1.76. The van der Waals surface area contributed by atoms with E-state index in [0.717, 1.165) is 37.3 Å². The molecule has 1 aromatic rings. The molecule has 2 aliphatic heterocycles. The van der Waals surface area contributed by atoms with Gasteiger partial charge in [0.2, 0.25) is 0 Å². The van der Waals surface area contributed by atoms with Gasteiger partial charge < -0.3 is 4.74 Å². The second kappa shape index (κ2) is 5.75. The predicted octanol–water partition coefficient (Wildman–Crippen LogP) is 1.28. The minimum atomic E-state index is 0.0695. The Morgan fingerprint density at radius 2 is 2.47 bits per heavy atom. The number of thioether (sulfide) groups is 1. The van der Waals surface area contributed by atoms with Crippen LogP contribution in [0, 0.1) is 5.92 Å². The van der Waals surface area contributed by atoms with Crippen molar-refractivity contribution >= 4 is 11.8 Å². The molecule has 2 aliphatic rings. The van der Waals surface area contributed by atoms with E-state index in [1.807, 2.05) is 11.8 Å². The van der Waals surface area contributed by atoms with Gasteiger partial charge in [0.05, 0.1) is 23.5 Å². The van der Waals surface area contributed by atoms with Crippen LogP contribution in [0.5, 0.6) is 0 Å². The van der Waals surface area contributed by atoms with Crippen LogP contribution in [-0.4, -0.2) is 33.7 Å². The van der Waals surface area contributed by atoms with Crippen LogP contribution >= 0.6 is 11.8 Å². The monoisotopic (exact) mass is 280 g/mol. The molecule has 2 fully saturated rings. The number of aromatic nitrogens is 2. The molecule has 1 aromatic heterocycles. The van der Waals surface area contributed by atoms with Crippen molar-refractivity contribution in [2.24, 2.45) is 11.8 Å². The zero-order valence-corrected chi connectivity index (χ0v) is 11.7. The largest absolute Gasteiger partial charge is 0.374 e. The smallest absolute Gasteiger partial charge is 0.0783 e. The van der Waals surface area contributed by atoms with Gasteiger partial charge in [-0.2, -0.15) is 11.8 Å². The van der Waals surface area contributed by atoms with E-state index in [9.17, 15) is 0 Å². The molecule has 0 amide bonds. The van der Waals surface area contributed by atoms with E-state index in [0.29, 0.717) is 5.92 Å². The van der Waals surface area contributed by atoms with E-state index >= 15 is 0 Å². The van der Waals surface area contributed by atoms with Crippen molar-refractivity contribution in [2.75, 3.05) is 18.1 Å². The molecule has 0 aliphatic carbocycles. The topological polar surface area (TPSA) is 73.1 Å². The highest BCUT2D eigenvalue weighted by atomic mass is 32.2. The molecule has 3 N–H and O–H groups in total. The molecule has 3 rings (SSSR count). The number of hydrazine groups is 1. The molecule has 6 heteroatoms. The lowest BCUT2D eigenvalue weighted by Gasteiger charge is -2.40. The summed E-state index contributed by atoms with van der Waals surface area (Å²) in [4.78, 5) is 8.53. The highest BCUT2D eigenvalue weighted by Gasteiger charge is 2.42. The fourth-order valence-electron chi connectivity index (χ4n) is 3.15. The Bertz CT molecular complexity index is 410. The minimum absolute atomic E-state index is 0.0695. The van der Waals surface area contributed by atoms with Crippen molar-refractivity contribution < 1.29 is 4.74 Å². The van der Waals surface area contributed by atoms with Crippen LogP contribution in [0.25, 0.3) is 0 Å². The third-order valence-corrected chi connectivity index (χ3v) is 5.37. The Hall–Kier alpha value is -0.690. The quantitative estimate of drug-likeness (QED) is 0.642. The fraction of sp³-hybridized carbons (Fsp3) is 0.692. The molecule has 3 atom stereocenters. The molecule has 3 unspecified atom stereocenters. The molecule has 0 bridgehead atoms. The van der Waals surface area contributed by atoms with Crippen molar-refractivity contribution in [2.45, 2.75) is 30.9 Å². The van der Waals surface area contributed by atoms with Crippen molar-refractivity contribution in [3.8, 4) is 0 Å². The van der Waals surface area contributed by atoms with Crippen LogP contribution in [0.3, 0.4) is 0 Å². The maximum absolute atomic E-state index is 6.06. The van der Waals surface area contributed by atoms with Crippen molar-refractivity contribution in [3.63, 3.8) is 0 Å². The number of rotatable bonds is 3. The average molecular weight is 280 g/mol. The summed E-state index contributed by atoms with van der Waals surface area (Å²) in [6.07, 6.45) is 8.46. The van der Waals surface area contributed by atoms with Crippen LogP contribution in [-0.2, 0) is 4.74 Å². The highest BCUT2D eigenvalue weighted by Crippen LogP contribution is 2.43. The molecule has 5 nitrogen and oxygen atoms in total. The van der Waals surface area contributed by atoms with Crippen molar-refractivity contribution in [1.29, 1.82) is 0 Å².